The van der Waals surface area contributed by atoms with Gasteiger partial charge in [-0.1, -0.05) is 6.07 Å². The van der Waals surface area contributed by atoms with E-state index in [1.54, 1.807) is 13.2 Å². The number of rotatable bonds is 6. The number of hydrogen-bond acceptors (Lipinski definition) is 3. The lowest BCUT2D eigenvalue weighted by Gasteiger charge is -2.11. The molecule has 0 bridgehead atoms. The number of benzene rings is 2. The molecule has 1 N–H and O–H groups in total. The molecule has 4 nitrogen and oxygen atoms in total. The van der Waals surface area contributed by atoms with Crippen LogP contribution in [0.25, 0.3) is 0 Å². The third kappa shape index (κ3) is 5.47. The SMILES string of the molecule is COCCOc1ccc(C(=O)Nc2cccc(C(F)(F)F)c2)cc1Br. The predicted octanol–water partition coefficient (Wildman–Crippen LogP) is 4.75. The maximum absolute atomic E-state index is 12.7. The van der Waals surface area contributed by atoms with Crippen LogP contribution in [-0.2, 0) is 10.9 Å². The summed E-state index contributed by atoms with van der Waals surface area (Å²) in [6.45, 7) is 0.773. The van der Waals surface area contributed by atoms with Gasteiger partial charge in [0.15, 0.2) is 0 Å². The first kappa shape index (κ1) is 19.3. The summed E-state index contributed by atoms with van der Waals surface area (Å²) in [5.41, 5.74) is -0.479. The van der Waals surface area contributed by atoms with Crippen molar-refractivity contribution in [3.05, 3.63) is 58.1 Å². The number of nitrogens with one attached hydrogen (secondary N) is 1. The minimum absolute atomic E-state index is 0.0661. The van der Waals surface area contributed by atoms with Gasteiger partial charge in [-0.3, -0.25) is 4.79 Å². The Morgan fingerprint density at radius 1 is 1.16 bits per heavy atom. The lowest BCUT2D eigenvalue weighted by Crippen LogP contribution is -2.13. The van der Waals surface area contributed by atoms with E-state index in [4.69, 9.17) is 9.47 Å². The van der Waals surface area contributed by atoms with Crippen LogP contribution < -0.4 is 10.1 Å². The van der Waals surface area contributed by atoms with Crippen molar-refractivity contribution in [1.29, 1.82) is 0 Å². The standard InChI is InChI=1S/C17H15BrF3NO3/c1-24-7-8-25-15-6-5-11(9-14(15)18)16(23)22-13-4-2-3-12(10-13)17(19,20)21/h2-6,9-10H,7-8H2,1H3,(H,22,23). The van der Waals surface area contributed by atoms with Crippen molar-refractivity contribution in [2.24, 2.45) is 0 Å². The number of amides is 1. The quantitative estimate of drug-likeness (QED) is 0.690. The Kier molecular flexibility index (Phi) is 6.44. The van der Waals surface area contributed by atoms with E-state index in [2.05, 4.69) is 21.2 Å². The van der Waals surface area contributed by atoms with E-state index in [-0.39, 0.29) is 11.3 Å². The molecule has 0 unspecified atom stereocenters. The van der Waals surface area contributed by atoms with E-state index in [0.717, 1.165) is 12.1 Å². The van der Waals surface area contributed by atoms with Gasteiger partial charge in [0.05, 0.1) is 16.6 Å². The molecule has 0 atom stereocenters. The Morgan fingerprint density at radius 3 is 2.56 bits per heavy atom. The van der Waals surface area contributed by atoms with Crippen LogP contribution in [0, 0.1) is 0 Å². The van der Waals surface area contributed by atoms with E-state index in [1.807, 2.05) is 0 Å². The largest absolute Gasteiger partial charge is 0.490 e. The lowest BCUT2D eigenvalue weighted by molar-refractivity contribution is -0.137. The zero-order valence-electron chi connectivity index (χ0n) is 13.2. The topological polar surface area (TPSA) is 47.6 Å². The average Bonchev–Trinajstić information content (AvgIpc) is 2.56. The van der Waals surface area contributed by atoms with E-state index < -0.39 is 17.6 Å². The summed E-state index contributed by atoms with van der Waals surface area (Å²) in [7, 11) is 1.56. The number of carbonyl (C=O) groups is 1. The van der Waals surface area contributed by atoms with Crippen molar-refractivity contribution >= 4 is 27.5 Å². The fraction of sp³-hybridized carbons (Fsp3) is 0.235. The van der Waals surface area contributed by atoms with Crippen molar-refractivity contribution in [1.82, 2.24) is 0 Å². The highest BCUT2D eigenvalue weighted by molar-refractivity contribution is 9.10. The fourth-order valence-corrected chi connectivity index (χ4v) is 2.46. The molecule has 25 heavy (non-hydrogen) atoms. The molecule has 2 aromatic carbocycles. The molecule has 0 fully saturated rings. The molecule has 0 aliphatic rings. The summed E-state index contributed by atoms with van der Waals surface area (Å²) >= 11 is 3.30. The van der Waals surface area contributed by atoms with Gasteiger partial charge < -0.3 is 14.8 Å². The van der Waals surface area contributed by atoms with Crippen LogP contribution in [0.4, 0.5) is 18.9 Å². The zero-order chi connectivity index (χ0) is 18.4. The first-order valence-corrected chi connectivity index (χ1v) is 8.00. The average molecular weight is 418 g/mol. The molecule has 2 aromatic rings. The van der Waals surface area contributed by atoms with Crippen LogP contribution in [0.15, 0.2) is 46.9 Å². The molecule has 0 aliphatic carbocycles. The number of halogens is 4. The van der Waals surface area contributed by atoms with E-state index in [9.17, 15) is 18.0 Å². The number of methoxy groups -OCH3 is 1. The van der Waals surface area contributed by atoms with Crippen molar-refractivity contribution in [3.8, 4) is 5.75 Å². The molecule has 8 heteroatoms. The fourth-order valence-electron chi connectivity index (χ4n) is 1.97. The highest BCUT2D eigenvalue weighted by atomic mass is 79.9. The summed E-state index contributed by atoms with van der Waals surface area (Å²) in [6.07, 6.45) is -4.47. The van der Waals surface area contributed by atoms with Gasteiger partial charge >= 0.3 is 6.18 Å². The minimum atomic E-state index is -4.47. The van der Waals surface area contributed by atoms with Gasteiger partial charge in [-0.05, 0) is 52.3 Å². The van der Waals surface area contributed by atoms with Crippen LogP contribution in [-0.4, -0.2) is 26.2 Å². The molecular formula is C17H15BrF3NO3. The van der Waals surface area contributed by atoms with Crippen molar-refractivity contribution < 1.29 is 27.4 Å². The third-order valence-electron chi connectivity index (χ3n) is 3.19. The summed E-state index contributed by atoms with van der Waals surface area (Å²) in [5.74, 6) is 0.0103. The van der Waals surface area contributed by atoms with Gasteiger partial charge in [-0.25, -0.2) is 0 Å². The monoisotopic (exact) mass is 417 g/mol. The van der Waals surface area contributed by atoms with Gasteiger partial charge in [0, 0.05) is 18.4 Å². The number of hydrogen-bond donors (Lipinski definition) is 1. The van der Waals surface area contributed by atoms with Gasteiger partial charge in [-0.15, -0.1) is 0 Å². The second kappa shape index (κ2) is 8.35. The summed E-state index contributed by atoms with van der Waals surface area (Å²) in [5, 5.41) is 2.45. The first-order valence-electron chi connectivity index (χ1n) is 7.21. The Hall–Kier alpha value is -2.06. The summed E-state index contributed by atoms with van der Waals surface area (Å²) in [6, 6.07) is 9.11. The predicted molar refractivity (Wildman–Crippen MR) is 90.9 cm³/mol. The van der Waals surface area contributed by atoms with Crippen LogP contribution in [0.3, 0.4) is 0 Å². The van der Waals surface area contributed by atoms with Crippen molar-refractivity contribution in [3.63, 3.8) is 0 Å². The number of carbonyl (C=O) groups excluding carboxylic acids is 1. The molecule has 134 valence electrons. The molecule has 0 saturated carbocycles. The molecule has 0 aromatic heterocycles. The van der Waals surface area contributed by atoms with Crippen molar-refractivity contribution in [2.45, 2.75) is 6.18 Å². The van der Waals surface area contributed by atoms with Gasteiger partial charge in [-0.2, -0.15) is 13.2 Å². The second-order valence-electron chi connectivity index (χ2n) is 5.02. The van der Waals surface area contributed by atoms with Gasteiger partial charge in [0.25, 0.3) is 5.91 Å². The lowest BCUT2D eigenvalue weighted by atomic mass is 10.1. The summed E-state index contributed by atoms with van der Waals surface area (Å²) in [4.78, 5) is 12.2. The van der Waals surface area contributed by atoms with Gasteiger partial charge in [0.1, 0.15) is 12.4 Å². The van der Waals surface area contributed by atoms with E-state index >= 15 is 0 Å². The molecule has 0 radical (unpaired) electrons. The molecule has 0 spiro atoms. The van der Waals surface area contributed by atoms with Crippen molar-refractivity contribution in [2.75, 3.05) is 25.6 Å². The normalized spacial score (nSPS) is 11.2. The van der Waals surface area contributed by atoms with Crippen LogP contribution in [0.5, 0.6) is 5.75 Å². The highest BCUT2D eigenvalue weighted by Crippen LogP contribution is 2.31. The molecule has 1 amide bonds. The highest BCUT2D eigenvalue weighted by Gasteiger charge is 2.30. The van der Waals surface area contributed by atoms with E-state index in [1.165, 1.54) is 24.3 Å². The Labute approximate surface area is 151 Å². The smallest absolute Gasteiger partial charge is 0.416 e. The molecule has 0 aliphatic heterocycles. The Bertz CT molecular complexity index is 750. The third-order valence-corrected chi connectivity index (χ3v) is 3.81. The summed E-state index contributed by atoms with van der Waals surface area (Å²) < 4.78 is 49.0. The molecular weight excluding hydrogens is 403 g/mol. The molecule has 0 heterocycles. The molecule has 0 saturated heterocycles. The first-order chi connectivity index (χ1) is 11.8. The number of ether oxygens (including phenoxy) is 2. The number of anilines is 1. The number of alkyl halides is 3. The maximum Gasteiger partial charge on any atom is 0.416 e. The van der Waals surface area contributed by atoms with Crippen LogP contribution in [0.2, 0.25) is 0 Å². The van der Waals surface area contributed by atoms with Crippen LogP contribution in [0.1, 0.15) is 15.9 Å². The zero-order valence-corrected chi connectivity index (χ0v) is 14.8. The van der Waals surface area contributed by atoms with E-state index in [0.29, 0.717) is 23.4 Å². The molecule has 2 rings (SSSR count). The van der Waals surface area contributed by atoms with Crippen LogP contribution >= 0.6 is 15.9 Å². The Morgan fingerprint density at radius 2 is 1.92 bits per heavy atom. The maximum atomic E-state index is 12.7. The second-order valence-corrected chi connectivity index (χ2v) is 5.87. The Balaban J connectivity index is 2.10. The minimum Gasteiger partial charge on any atom is -0.490 e. The van der Waals surface area contributed by atoms with Gasteiger partial charge in [0.2, 0.25) is 0 Å².